The van der Waals surface area contributed by atoms with Gasteiger partial charge in [0, 0.05) is 6.04 Å². The Bertz CT molecular complexity index is 797. The molecule has 0 aromatic heterocycles. The molecule has 2 aromatic rings. The summed E-state index contributed by atoms with van der Waals surface area (Å²) in [6, 6.07) is 17.1. The van der Waals surface area contributed by atoms with Gasteiger partial charge in [-0.3, -0.25) is 10.1 Å². The van der Waals surface area contributed by atoms with E-state index in [9.17, 15) is 4.79 Å². The predicted octanol–water partition coefficient (Wildman–Crippen LogP) is 7.43. The Kier molecular flexibility index (Phi) is 11.2. The highest BCUT2D eigenvalue weighted by molar-refractivity contribution is 5.86. The van der Waals surface area contributed by atoms with Crippen molar-refractivity contribution < 1.29 is 9.53 Å². The van der Waals surface area contributed by atoms with Gasteiger partial charge in [-0.2, -0.15) is 0 Å². The molecule has 0 heterocycles. The van der Waals surface area contributed by atoms with Crippen LogP contribution < -0.4 is 10.1 Å². The lowest BCUT2D eigenvalue weighted by Crippen LogP contribution is -2.51. The first kappa shape index (κ1) is 27.9. The van der Waals surface area contributed by atoms with Crippen LogP contribution in [0.1, 0.15) is 97.4 Å². The van der Waals surface area contributed by atoms with Gasteiger partial charge in [-0.15, -0.1) is 0 Å². The summed E-state index contributed by atoms with van der Waals surface area (Å²) in [7, 11) is 1.69. The first-order valence-electron chi connectivity index (χ1n) is 12.0. The number of nitrogens with one attached hydrogen (secondary N) is 1. The molecule has 32 heavy (non-hydrogen) atoms. The molecule has 0 bridgehead atoms. The Balaban J connectivity index is 0.000000389. The molecule has 0 spiro atoms. The van der Waals surface area contributed by atoms with Gasteiger partial charge in [0.1, 0.15) is 11.5 Å². The van der Waals surface area contributed by atoms with Crippen molar-refractivity contribution in [3.05, 3.63) is 65.2 Å². The van der Waals surface area contributed by atoms with E-state index < -0.39 is 5.54 Å². The maximum Gasteiger partial charge on any atom is 0.149 e. The van der Waals surface area contributed by atoms with Gasteiger partial charge in [0.25, 0.3) is 0 Å². The van der Waals surface area contributed by atoms with Crippen molar-refractivity contribution in [3.8, 4) is 5.75 Å². The largest absolute Gasteiger partial charge is 0.497 e. The SMILES string of the molecule is CCC(CC)(NC(C)c1ccc(C(C)(C)C)cc1)C(C)=O.CCCc1ccc(OC)cc1. The molecule has 0 saturated heterocycles. The Morgan fingerprint density at radius 3 is 1.84 bits per heavy atom. The summed E-state index contributed by atoms with van der Waals surface area (Å²) in [5, 5.41) is 3.55. The molecule has 0 saturated carbocycles. The fraction of sp³-hybridized carbons (Fsp3) is 0.552. The third-order valence-electron chi connectivity index (χ3n) is 6.35. The summed E-state index contributed by atoms with van der Waals surface area (Å²) in [6.07, 6.45) is 4.00. The number of aryl methyl sites for hydroxylation is 1. The second-order valence-corrected chi connectivity index (χ2v) is 9.68. The lowest BCUT2D eigenvalue weighted by atomic mass is 9.85. The average Bonchev–Trinajstić information content (AvgIpc) is 2.78. The molecule has 2 rings (SSSR count). The minimum Gasteiger partial charge on any atom is -0.497 e. The van der Waals surface area contributed by atoms with Crippen LogP contribution in [0.5, 0.6) is 5.75 Å². The van der Waals surface area contributed by atoms with Crippen LogP contribution in [-0.2, 0) is 16.6 Å². The van der Waals surface area contributed by atoms with Crippen LogP contribution in [0.3, 0.4) is 0 Å². The zero-order valence-corrected chi connectivity index (χ0v) is 21.8. The minimum atomic E-state index is -0.401. The van der Waals surface area contributed by atoms with Crippen molar-refractivity contribution in [1.29, 1.82) is 0 Å². The summed E-state index contributed by atoms with van der Waals surface area (Å²) in [6.45, 7) is 16.8. The Morgan fingerprint density at radius 2 is 1.47 bits per heavy atom. The summed E-state index contributed by atoms with van der Waals surface area (Å²) in [4.78, 5) is 12.0. The zero-order valence-electron chi connectivity index (χ0n) is 21.8. The van der Waals surface area contributed by atoms with E-state index in [0.717, 1.165) is 25.0 Å². The molecule has 1 atom stereocenters. The molecule has 3 heteroatoms. The Labute approximate surface area is 197 Å². The van der Waals surface area contributed by atoms with Gasteiger partial charge in [0.2, 0.25) is 0 Å². The molecule has 2 aromatic carbocycles. The normalized spacial score (nSPS) is 12.5. The van der Waals surface area contributed by atoms with Crippen LogP contribution in [-0.4, -0.2) is 18.4 Å². The predicted molar refractivity (Wildman–Crippen MR) is 138 cm³/mol. The summed E-state index contributed by atoms with van der Waals surface area (Å²) in [5.74, 6) is 1.16. The molecule has 3 nitrogen and oxygen atoms in total. The molecular weight excluding hydrogens is 394 g/mol. The Morgan fingerprint density at radius 1 is 0.938 bits per heavy atom. The molecule has 0 aliphatic heterocycles. The fourth-order valence-electron chi connectivity index (χ4n) is 3.90. The van der Waals surface area contributed by atoms with E-state index >= 15 is 0 Å². The van der Waals surface area contributed by atoms with Gasteiger partial charge >= 0.3 is 0 Å². The maximum atomic E-state index is 12.0. The number of hydrogen-bond acceptors (Lipinski definition) is 3. The van der Waals surface area contributed by atoms with Crippen molar-refractivity contribution in [2.45, 2.75) is 98.1 Å². The number of hydrogen-bond donors (Lipinski definition) is 1. The Hall–Kier alpha value is -2.13. The first-order chi connectivity index (χ1) is 15.0. The molecule has 0 fully saturated rings. The van der Waals surface area contributed by atoms with E-state index in [0.29, 0.717) is 0 Å². The third-order valence-corrected chi connectivity index (χ3v) is 6.35. The number of carbonyl (C=O) groups is 1. The van der Waals surface area contributed by atoms with Crippen LogP contribution in [0.15, 0.2) is 48.5 Å². The molecule has 0 amide bonds. The van der Waals surface area contributed by atoms with Crippen molar-refractivity contribution in [3.63, 3.8) is 0 Å². The van der Waals surface area contributed by atoms with E-state index in [1.807, 2.05) is 12.1 Å². The summed E-state index contributed by atoms with van der Waals surface area (Å²) in [5.41, 5.74) is 3.72. The fourth-order valence-corrected chi connectivity index (χ4v) is 3.90. The van der Waals surface area contributed by atoms with Crippen LogP contribution in [0, 0.1) is 0 Å². The zero-order chi connectivity index (χ0) is 24.4. The van der Waals surface area contributed by atoms with Crippen LogP contribution >= 0.6 is 0 Å². The monoisotopic (exact) mass is 439 g/mol. The van der Waals surface area contributed by atoms with Gasteiger partial charge in [0.15, 0.2) is 0 Å². The van der Waals surface area contributed by atoms with E-state index in [1.165, 1.54) is 23.1 Å². The number of ether oxygens (including phenoxy) is 1. The lowest BCUT2D eigenvalue weighted by molar-refractivity contribution is -0.124. The van der Waals surface area contributed by atoms with Crippen LogP contribution in [0.2, 0.25) is 0 Å². The molecule has 0 aliphatic rings. The second-order valence-electron chi connectivity index (χ2n) is 9.68. The maximum absolute atomic E-state index is 12.0. The smallest absolute Gasteiger partial charge is 0.149 e. The highest BCUT2D eigenvalue weighted by atomic mass is 16.5. The highest BCUT2D eigenvalue weighted by Crippen LogP contribution is 2.26. The molecule has 0 radical (unpaired) electrons. The van der Waals surface area contributed by atoms with Crippen molar-refractivity contribution in [1.82, 2.24) is 5.32 Å². The van der Waals surface area contributed by atoms with Crippen LogP contribution in [0.4, 0.5) is 0 Å². The first-order valence-corrected chi connectivity index (χ1v) is 12.0. The third kappa shape index (κ3) is 8.09. The van der Waals surface area contributed by atoms with E-state index in [1.54, 1.807) is 14.0 Å². The molecule has 0 aliphatic carbocycles. The summed E-state index contributed by atoms with van der Waals surface area (Å²) < 4.78 is 5.05. The molecule has 178 valence electrons. The van der Waals surface area contributed by atoms with Crippen LogP contribution in [0.25, 0.3) is 0 Å². The number of carbonyl (C=O) groups excluding carboxylic acids is 1. The topological polar surface area (TPSA) is 38.3 Å². The van der Waals surface area contributed by atoms with Gasteiger partial charge in [0.05, 0.1) is 12.6 Å². The molecule has 1 N–H and O–H groups in total. The number of methoxy groups -OCH3 is 1. The van der Waals surface area contributed by atoms with E-state index in [-0.39, 0.29) is 17.2 Å². The highest BCUT2D eigenvalue weighted by Gasteiger charge is 2.32. The lowest BCUT2D eigenvalue weighted by Gasteiger charge is -2.34. The van der Waals surface area contributed by atoms with Gasteiger partial charge in [-0.1, -0.05) is 84.4 Å². The number of Topliss-reactive ketones (excluding diaryl/α,β-unsaturated/α-hetero) is 1. The average molecular weight is 440 g/mol. The quantitative estimate of drug-likeness (QED) is 0.441. The standard InChI is InChI=1S/C19H31NO.C10H14O/c1-8-19(9-2,15(4)21)20-14(3)16-10-12-17(13-11-16)18(5,6)7;1-3-4-9-5-7-10(11-2)8-6-9/h10-14,20H,8-9H2,1-7H3;5-8H,3-4H2,1-2H3. The number of benzene rings is 2. The number of rotatable bonds is 9. The van der Waals surface area contributed by atoms with Crippen molar-refractivity contribution >= 4 is 5.78 Å². The van der Waals surface area contributed by atoms with E-state index in [4.69, 9.17) is 4.74 Å². The molecule has 1 unspecified atom stereocenters. The number of ketones is 1. The van der Waals surface area contributed by atoms with E-state index in [2.05, 4.69) is 90.2 Å². The second kappa shape index (κ2) is 12.8. The summed E-state index contributed by atoms with van der Waals surface area (Å²) >= 11 is 0. The van der Waals surface area contributed by atoms with Crippen molar-refractivity contribution in [2.24, 2.45) is 0 Å². The van der Waals surface area contributed by atoms with Crippen molar-refractivity contribution in [2.75, 3.05) is 7.11 Å². The molecular formula is C29H45NO2. The van der Waals surface area contributed by atoms with Gasteiger partial charge < -0.3 is 4.74 Å². The van der Waals surface area contributed by atoms with Gasteiger partial charge in [-0.05, 0) is 67.3 Å². The minimum absolute atomic E-state index is 0.169. The van der Waals surface area contributed by atoms with Gasteiger partial charge in [-0.25, -0.2) is 0 Å².